The van der Waals surface area contributed by atoms with Crippen LogP contribution < -0.4 is 16.2 Å². The van der Waals surface area contributed by atoms with Gasteiger partial charge in [0.1, 0.15) is 0 Å². The Kier molecular flexibility index (Phi) is 4.40. The van der Waals surface area contributed by atoms with E-state index in [2.05, 4.69) is 33.1 Å². The van der Waals surface area contributed by atoms with Crippen molar-refractivity contribution in [3.8, 4) is 0 Å². The number of thiocarbonyl (C=S) groups is 1. The smallest absolute Gasteiger partial charge is 0.291 e. The van der Waals surface area contributed by atoms with E-state index in [9.17, 15) is 4.79 Å². The summed E-state index contributed by atoms with van der Waals surface area (Å²) in [6.45, 7) is 4.04. The molecule has 0 aliphatic carbocycles. The zero-order valence-corrected chi connectivity index (χ0v) is 9.54. The van der Waals surface area contributed by atoms with Crippen molar-refractivity contribution in [1.82, 2.24) is 31.2 Å². The number of hydrogen-bond acceptors (Lipinski definition) is 4. The van der Waals surface area contributed by atoms with Gasteiger partial charge in [-0.15, -0.1) is 11.7 Å². The number of nitrogens with one attached hydrogen (secondary N) is 3. The van der Waals surface area contributed by atoms with E-state index in [0.29, 0.717) is 11.7 Å². The Hall–Kier alpha value is -1.96. The maximum absolute atomic E-state index is 11.4. The lowest BCUT2D eigenvalue weighted by Crippen LogP contribution is -2.46. The van der Waals surface area contributed by atoms with E-state index in [1.165, 1.54) is 10.9 Å². The van der Waals surface area contributed by atoms with Crippen molar-refractivity contribution in [3.05, 3.63) is 24.5 Å². The van der Waals surface area contributed by atoms with E-state index >= 15 is 0 Å². The van der Waals surface area contributed by atoms with Crippen molar-refractivity contribution in [2.24, 2.45) is 7.05 Å². The van der Waals surface area contributed by atoms with Gasteiger partial charge in [-0.1, -0.05) is 11.3 Å². The molecular weight excluding hydrogens is 228 g/mol. The molecule has 1 aromatic rings. The Labute approximate surface area is 97.9 Å². The summed E-state index contributed by atoms with van der Waals surface area (Å²) < 4.78 is 1.43. The predicted octanol–water partition coefficient (Wildman–Crippen LogP) is -0.890. The van der Waals surface area contributed by atoms with Gasteiger partial charge in [-0.2, -0.15) is 0 Å². The van der Waals surface area contributed by atoms with Gasteiger partial charge in [-0.05, 0) is 12.2 Å². The Morgan fingerprint density at radius 3 is 3.00 bits per heavy atom. The molecule has 0 spiro atoms. The monoisotopic (exact) mass is 240 g/mol. The standard InChI is InChI=1S/C8H12N6OS/c1-3-4-9-8(16)12-11-7(15)6-5-14(2)13-10-6/h3,5H,1,4H2,2H3,(H,11,15)(H2,9,12,16). The van der Waals surface area contributed by atoms with Gasteiger partial charge in [-0.3, -0.25) is 20.3 Å². The van der Waals surface area contributed by atoms with Crippen LogP contribution in [-0.2, 0) is 7.05 Å². The second-order valence-electron chi connectivity index (χ2n) is 2.86. The van der Waals surface area contributed by atoms with Crippen molar-refractivity contribution >= 4 is 23.2 Å². The highest BCUT2D eigenvalue weighted by atomic mass is 32.1. The molecule has 0 bridgehead atoms. The summed E-state index contributed by atoms with van der Waals surface area (Å²) in [5.41, 5.74) is 5.11. The number of aryl methyl sites for hydroxylation is 1. The van der Waals surface area contributed by atoms with Crippen LogP contribution in [0.25, 0.3) is 0 Å². The summed E-state index contributed by atoms with van der Waals surface area (Å²) in [6.07, 6.45) is 3.15. The first-order valence-electron chi connectivity index (χ1n) is 4.45. The van der Waals surface area contributed by atoms with E-state index in [0.717, 1.165) is 0 Å². The van der Waals surface area contributed by atoms with Crippen molar-refractivity contribution in [3.63, 3.8) is 0 Å². The Morgan fingerprint density at radius 1 is 1.69 bits per heavy atom. The van der Waals surface area contributed by atoms with Gasteiger partial charge in [0.2, 0.25) is 0 Å². The number of carbonyl (C=O) groups is 1. The third-order valence-corrected chi connectivity index (χ3v) is 1.78. The highest BCUT2D eigenvalue weighted by Gasteiger charge is 2.09. The van der Waals surface area contributed by atoms with E-state index in [-0.39, 0.29) is 5.69 Å². The summed E-state index contributed by atoms with van der Waals surface area (Å²) in [5, 5.41) is 10.4. The van der Waals surface area contributed by atoms with E-state index < -0.39 is 5.91 Å². The van der Waals surface area contributed by atoms with Crippen LogP contribution in [0.3, 0.4) is 0 Å². The van der Waals surface area contributed by atoms with Gasteiger partial charge in [0.25, 0.3) is 5.91 Å². The molecule has 7 nitrogen and oxygen atoms in total. The first-order valence-corrected chi connectivity index (χ1v) is 4.85. The fourth-order valence-corrected chi connectivity index (χ4v) is 0.972. The van der Waals surface area contributed by atoms with Crippen molar-refractivity contribution in [1.29, 1.82) is 0 Å². The highest BCUT2D eigenvalue weighted by Crippen LogP contribution is 1.88. The molecule has 16 heavy (non-hydrogen) atoms. The molecular formula is C8H12N6OS. The Morgan fingerprint density at radius 2 is 2.44 bits per heavy atom. The number of hydrogen-bond donors (Lipinski definition) is 3. The minimum atomic E-state index is -0.407. The zero-order chi connectivity index (χ0) is 12.0. The van der Waals surface area contributed by atoms with E-state index in [1.807, 2.05) is 0 Å². The second kappa shape index (κ2) is 5.81. The number of hydrazine groups is 1. The highest BCUT2D eigenvalue weighted by molar-refractivity contribution is 7.80. The van der Waals surface area contributed by atoms with Crippen molar-refractivity contribution in [2.45, 2.75) is 0 Å². The van der Waals surface area contributed by atoms with Crippen LogP contribution in [0.4, 0.5) is 0 Å². The van der Waals surface area contributed by atoms with E-state index in [4.69, 9.17) is 12.2 Å². The number of aromatic nitrogens is 3. The lowest BCUT2D eigenvalue weighted by atomic mass is 10.5. The second-order valence-corrected chi connectivity index (χ2v) is 3.26. The Balaban J connectivity index is 2.35. The van der Waals surface area contributed by atoms with Crippen LogP contribution in [0.1, 0.15) is 10.5 Å². The molecule has 1 aromatic heterocycles. The van der Waals surface area contributed by atoms with Gasteiger partial charge in [0.05, 0.1) is 6.20 Å². The quantitative estimate of drug-likeness (QED) is 0.361. The number of amides is 1. The topological polar surface area (TPSA) is 83.9 Å². The molecule has 0 aliphatic heterocycles. The van der Waals surface area contributed by atoms with Crippen LogP contribution >= 0.6 is 12.2 Å². The van der Waals surface area contributed by atoms with Crippen LogP contribution in [0, 0.1) is 0 Å². The maximum atomic E-state index is 11.4. The first kappa shape index (κ1) is 12.1. The Bertz CT molecular complexity index is 401. The summed E-state index contributed by atoms with van der Waals surface area (Å²) >= 11 is 4.87. The fourth-order valence-electron chi connectivity index (χ4n) is 0.838. The predicted molar refractivity (Wildman–Crippen MR) is 62.4 cm³/mol. The van der Waals surface area contributed by atoms with Crippen LogP contribution in [0.5, 0.6) is 0 Å². The number of rotatable bonds is 3. The minimum absolute atomic E-state index is 0.210. The average molecular weight is 240 g/mol. The molecule has 0 radical (unpaired) electrons. The third-order valence-electron chi connectivity index (χ3n) is 1.53. The molecule has 0 aliphatic rings. The van der Waals surface area contributed by atoms with Crippen LogP contribution in [0.15, 0.2) is 18.9 Å². The minimum Gasteiger partial charge on any atom is -0.358 e. The normalized spacial score (nSPS) is 9.31. The summed E-state index contributed by atoms with van der Waals surface area (Å²) in [4.78, 5) is 11.4. The van der Waals surface area contributed by atoms with Gasteiger partial charge in [-0.25, -0.2) is 0 Å². The molecule has 0 atom stereocenters. The van der Waals surface area contributed by atoms with Gasteiger partial charge < -0.3 is 5.32 Å². The van der Waals surface area contributed by atoms with Gasteiger partial charge in [0, 0.05) is 13.6 Å². The largest absolute Gasteiger partial charge is 0.358 e. The SMILES string of the molecule is C=CCNC(=S)NNC(=O)c1cn(C)nn1. The van der Waals surface area contributed by atoms with Crippen LogP contribution in [0.2, 0.25) is 0 Å². The van der Waals surface area contributed by atoms with Gasteiger partial charge >= 0.3 is 0 Å². The van der Waals surface area contributed by atoms with E-state index in [1.54, 1.807) is 13.1 Å². The molecule has 0 aromatic carbocycles. The molecule has 1 heterocycles. The molecule has 8 heteroatoms. The molecule has 1 rings (SSSR count). The molecule has 3 N–H and O–H groups in total. The average Bonchev–Trinajstić information content (AvgIpc) is 2.69. The molecule has 1 amide bonds. The van der Waals surface area contributed by atoms with Crippen molar-refractivity contribution < 1.29 is 4.79 Å². The molecule has 86 valence electrons. The lowest BCUT2D eigenvalue weighted by Gasteiger charge is -2.08. The zero-order valence-electron chi connectivity index (χ0n) is 8.73. The number of carbonyl (C=O) groups excluding carboxylic acids is 1. The maximum Gasteiger partial charge on any atom is 0.291 e. The molecule has 0 fully saturated rings. The van der Waals surface area contributed by atoms with Gasteiger partial charge in [0.15, 0.2) is 10.8 Å². The lowest BCUT2D eigenvalue weighted by molar-refractivity contribution is 0.0938. The number of nitrogens with zero attached hydrogens (tertiary/aromatic N) is 3. The first-order chi connectivity index (χ1) is 7.63. The summed E-state index contributed by atoms with van der Waals surface area (Å²) in [5.74, 6) is -0.407. The van der Waals surface area contributed by atoms with Crippen molar-refractivity contribution in [2.75, 3.05) is 6.54 Å². The van der Waals surface area contributed by atoms with Crippen LogP contribution in [-0.4, -0.2) is 32.6 Å². The molecule has 0 saturated carbocycles. The summed E-state index contributed by atoms with van der Waals surface area (Å²) in [6, 6.07) is 0. The fraction of sp³-hybridized carbons (Fsp3) is 0.250. The molecule has 0 unspecified atom stereocenters. The summed E-state index contributed by atoms with van der Waals surface area (Å²) in [7, 11) is 1.67. The molecule has 0 saturated heterocycles. The third kappa shape index (κ3) is 3.65.